The Balaban J connectivity index is 2.20. The largest absolute Gasteiger partial charge is 0.379 e. The van der Waals surface area contributed by atoms with Crippen LogP contribution in [0.5, 0.6) is 0 Å². The molecule has 0 atom stereocenters. The normalized spacial score (nSPS) is 16.7. The summed E-state index contributed by atoms with van der Waals surface area (Å²) < 4.78 is 31.3. The van der Waals surface area contributed by atoms with Crippen molar-refractivity contribution in [3.8, 4) is 11.8 Å². The summed E-state index contributed by atoms with van der Waals surface area (Å²) in [5, 5.41) is 0. The molecule has 5 nitrogen and oxygen atoms in total. The maximum absolute atomic E-state index is 12.3. The number of hydrogen-bond acceptors (Lipinski definition) is 4. The van der Waals surface area contributed by atoms with Crippen molar-refractivity contribution < 1.29 is 13.2 Å². The second-order valence-electron chi connectivity index (χ2n) is 4.05. The van der Waals surface area contributed by atoms with Crippen molar-refractivity contribution in [2.45, 2.75) is 4.90 Å². The van der Waals surface area contributed by atoms with Crippen LogP contribution in [-0.4, -0.2) is 45.6 Å². The van der Waals surface area contributed by atoms with Crippen molar-refractivity contribution in [2.75, 3.05) is 32.8 Å². The summed E-state index contributed by atoms with van der Waals surface area (Å²) >= 11 is 0. The molecule has 0 bridgehead atoms. The van der Waals surface area contributed by atoms with Gasteiger partial charge in [-0.1, -0.05) is 11.8 Å². The van der Waals surface area contributed by atoms with Crippen LogP contribution in [0.4, 0.5) is 0 Å². The second kappa shape index (κ2) is 6.17. The first-order valence-electron chi connectivity index (χ1n) is 6.01. The molecule has 2 N–H and O–H groups in total. The van der Waals surface area contributed by atoms with Crippen molar-refractivity contribution >= 4 is 10.0 Å². The molecule has 1 aliphatic rings. The van der Waals surface area contributed by atoms with Gasteiger partial charge in [0.25, 0.3) is 0 Å². The molecule has 1 fully saturated rings. The predicted molar refractivity (Wildman–Crippen MR) is 72.0 cm³/mol. The van der Waals surface area contributed by atoms with E-state index in [-0.39, 0.29) is 11.4 Å². The van der Waals surface area contributed by atoms with Gasteiger partial charge in [0.2, 0.25) is 10.0 Å². The van der Waals surface area contributed by atoms with Crippen LogP contribution >= 0.6 is 0 Å². The lowest BCUT2D eigenvalue weighted by atomic mass is 10.2. The molecule has 0 unspecified atom stereocenters. The van der Waals surface area contributed by atoms with Gasteiger partial charge in [0.15, 0.2) is 0 Å². The van der Waals surface area contributed by atoms with E-state index in [1.807, 2.05) is 0 Å². The third-order valence-corrected chi connectivity index (χ3v) is 4.71. The molecule has 0 saturated carbocycles. The van der Waals surface area contributed by atoms with Crippen molar-refractivity contribution in [3.63, 3.8) is 0 Å². The van der Waals surface area contributed by atoms with Crippen LogP contribution in [0, 0.1) is 11.8 Å². The van der Waals surface area contributed by atoms with E-state index in [9.17, 15) is 8.42 Å². The van der Waals surface area contributed by atoms with Crippen LogP contribution in [0.3, 0.4) is 0 Å². The zero-order valence-electron chi connectivity index (χ0n) is 10.5. The van der Waals surface area contributed by atoms with Gasteiger partial charge in [0, 0.05) is 18.7 Å². The molecule has 0 radical (unpaired) electrons. The average molecular weight is 280 g/mol. The summed E-state index contributed by atoms with van der Waals surface area (Å²) in [5.74, 6) is 5.59. The van der Waals surface area contributed by atoms with Crippen LogP contribution in [0.1, 0.15) is 5.56 Å². The zero-order valence-corrected chi connectivity index (χ0v) is 11.3. The van der Waals surface area contributed by atoms with Gasteiger partial charge in [-0.3, -0.25) is 0 Å². The van der Waals surface area contributed by atoms with Crippen LogP contribution < -0.4 is 5.73 Å². The third-order valence-electron chi connectivity index (χ3n) is 2.80. The number of rotatable bonds is 2. The Bertz CT molecular complexity index is 579. The molecular weight excluding hydrogens is 264 g/mol. The fraction of sp³-hybridized carbons (Fsp3) is 0.385. The molecule has 2 rings (SSSR count). The second-order valence-corrected chi connectivity index (χ2v) is 5.98. The summed E-state index contributed by atoms with van der Waals surface area (Å²) in [7, 11) is -3.42. The Labute approximate surface area is 113 Å². The first-order chi connectivity index (χ1) is 9.14. The van der Waals surface area contributed by atoms with Gasteiger partial charge in [0.05, 0.1) is 24.7 Å². The number of ether oxygens (including phenoxy) is 1. The highest BCUT2D eigenvalue weighted by Gasteiger charge is 2.25. The molecule has 1 aromatic rings. The summed E-state index contributed by atoms with van der Waals surface area (Å²) in [5.41, 5.74) is 6.04. The van der Waals surface area contributed by atoms with Gasteiger partial charge in [-0.05, 0) is 24.3 Å². The van der Waals surface area contributed by atoms with E-state index >= 15 is 0 Å². The van der Waals surface area contributed by atoms with Gasteiger partial charge >= 0.3 is 0 Å². The van der Waals surface area contributed by atoms with Crippen molar-refractivity contribution in [2.24, 2.45) is 5.73 Å². The monoisotopic (exact) mass is 280 g/mol. The first-order valence-corrected chi connectivity index (χ1v) is 7.45. The van der Waals surface area contributed by atoms with E-state index in [0.717, 1.165) is 5.56 Å². The molecule has 1 aromatic carbocycles. The Hall–Kier alpha value is -1.39. The van der Waals surface area contributed by atoms with E-state index in [2.05, 4.69) is 11.8 Å². The maximum atomic E-state index is 12.3. The highest BCUT2D eigenvalue weighted by Crippen LogP contribution is 2.17. The van der Waals surface area contributed by atoms with Gasteiger partial charge in [-0.2, -0.15) is 4.31 Å². The Morgan fingerprint density at radius 1 is 1.21 bits per heavy atom. The van der Waals surface area contributed by atoms with E-state index in [1.165, 1.54) is 4.31 Å². The first kappa shape index (κ1) is 14.0. The van der Waals surface area contributed by atoms with Gasteiger partial charge in [0.1, 0.15) is 0 Å². The molecule has 0 amide bonds. The van der Waals surface area contributed by atoms with Crippen molar-refractivity contribution in [1.82, 2.24) is 4.31 Å². The molecule has 19 heavy (non-hydrogen) atoms. The fourth-order valence-corrected chi connectivity index (χ4v) is 3.21. The lowest BCUT2D eigenvalue weighted by Gasteiger charge is -2.26. The van der Waals surface area contributed by atoms with E-state index in [0.29, 0.717) is 26.3 Å². The standard InChI is InChI=1S/C13H16N2O3S/c14-7-1-2-12-3-5-13(6-4-12)19(16,17)15-8-10-18-11-9-15/h3-6H,7-11,14H2. The molecule has 0 aromatic heterocycles. The van der Waals surface area contributed by atoms with E-state index in [4.69, 9.17) is 10.5 Å². The lowest BCUT2D eigenvalue weighted by Crippen LogP contribution is -2.40. The summed E-state index contributed by atoms with van der Waals surface area (Å²) in [4.78, 5) is 0.285. The van der Waals surface area contributed by atoms with Gasteiger partial charge in [-0.25, -0.2) is 8.42 Å². The number of nitrogens with two attached hydrogens (primary N) is 1. The molecule has 1 saturated heterocycles. The van der Waals surface area contributed by atoms with Crippen LogP contribution in [0.25, 0.3) is 0 Å². The lowest BCUT2D eigenvalue weighted by molar-refractivity contribution is 0.0730. The molecule has 102 valence electrons. The van der Waals surface area contributed by atoms with Gasteiger partial charge < -0.3 is 10.5 Å². The molecule has 6 heteroatoms. The number of sulfonamides is 1. The highest BCUT2D eigenvalue weighted by atomic mass is 32.2. The van der Waals surface area contributed by atoms with E-state index < -0.39 is 10.0 Å². The summed E-state index contributed by atoms with van der Waals surface area (Å²) in [6.45, 7) is 1.97. The van der Waals surface area contributed by atoms with Crippen LogP contribution in [0.15, 0.2) is 29.2 Å². The summed E-state index contributed by atoms with van der Waals surface area (Å²) in [6.07, 6.45) is 0. The molecule has 0 spiro atoms. The minimum atomic E-state index is -3.42. The Morgan fingerprint density at radius 2 is 1.84 bits per heavy atom. The molecule has 1 aliphatic heterocycles. The summed E-state index contributed by atoms with van der Waals surface area (Å²) in [6, 6.07) is 6.53. The van der Waals surface area contributed by atoms with Crippen LogP contribution in [-0.2, 0) is 14.8 Å². The Kier molecular flexibility index (Phi) is 4.56. The van der Waals surface area contributed by atoms with Crippen molar-refractivity contribution in [3.05, 3.63) is 29.8 Å². The SMILES string of the molecule is NCC#Cc1ccc(S(=O)(=O)N2CCOCC2)cc1. The quantitative estimate of drug-likeness (QED) is 0.775. The Morgan fingerprint density at radius 3 is 2.42 bits per heavy atom. The number of morpholine rings is 1. The molecule has 1 heterocycles. The third kappa shape index (κ3) is 3.33. The number of benzene rings is 1. The zero-order chi connectivity index (χ0) is 13.7. The van der Waals surface area contributed by atoms with Crippen LogP contribution in [0.2, 0.25) is 0 Å². The average Bonchev–Trinajstić information content (AvgIpc) is 2.46. The van der Waals surface area contributed by atoms with Gasteiger partial charge in [-0.15, -0.1) is 0 Å². The smallest absolute Gasteiger partial charge is 0.243 e. The minimum Gasteiger partial charge on any atom is -0.379 e. The topological polar surface area (TPSA) is 72.6 Å². The predicted octanol–water partition coefficient (Wildman–Crippen LogP) is 0.0177. The minimum absolute atomic E-state index is 0.285. The fourth-order valence-electron chi connectivity index (χ4n) is 1.80. The number of hydrogen-bond donors (Lipinski definition) is 1. The van der Waals surface area contributed by atoms with Crippen molar-refractivity contribution in [1.29, 1.82) is 0 Å². The van der Waals surface area contributed by atoms with E-state index in [1.54, 1.807) is 24.3 Å². The molecular formula is C13H16N2O3S. The number of nitrogens with zero attached hydrogens (tertiary/aromatic N) is 1. The highest BCUT2D eigenvalue weighted by molar-refractivity contribution is 7.89. The molecule has 0 aliphatic carbocycles. The maximum Gasteiger partial charge on any atom is 0.243 e.